The van der Waals surface area contributed by atoms with E-state index in [1.807, 2.05) is 31.0 Å². The molecule has 0 bridgehead atoms. The molecule has 0 aliphatic rings. The zero-order valence-electron chi connectivity index (χ0n) is 14.5. The zero-order chi connectivity index (χ0) is 18.9. The Bertz CT molecular complexity index is 1090. The predicted octanol–water partition coefficient (Wildman–Crippen LogP) is 1.76. The fourth-order valence-electron chi connectivity index (χ4n) is 2.77. The van der Waals surface area contributed by atoms with Gasteiger partial charge in [0.1, 0.15) is 5.82 Å². The van der Waals surface area contributed by atoms with E-state index >= 15 is 0 Å². The van der Waals surface area contributed by atoms with Crippen molar-refractivity contribution in [1.82, 2.24) is 14.9 Å². The van der Waals surface area contributed by atoms with Gasteiger partial charge in [-0.2, -0.15) is 0 Å². The Morgan fingerprint density at radius 3 is 2.46 bits per heavy atom. The summed E-state index contributed by atoms with van der Waals surface area (Å²) < 4.78 is 22.7. The highest BCUT2D eigenvalue weighted by Gasteiger charge is 2.15. The standard InChI is InChI=1S/C18H20N4O3S/c1-12(13-7-9-14(10-8-13)26(19,24)25)22(2)11-17-20-16-6-4-3-5-15(16)18(23)21-17/h3-10,12H,11H2,1-2H3,(H2,19,24,25)(H,20,21,23)/t12-/m1/s1. The van der Waals surface area contributed by atoms with Crippen LogP contribution in [-0.2, 0) is 16.6 Å². The van der Waals surface area contributed by atoms with Crippen molar-refractivity contribution in [1.29, 1.82) is 0 Å². The summed E-state index contributed by atoms with van der Waals surface area (Å²) in [7, 11) is -1.79. The van der Waals surface area contributed by atoms with Crippen LogP contribution in [0.4, 0.5) is 0 Å². The van der Waals surface area contributed by atoms with Gasteiger partial charge in [0.15, 0.2) is 0 Å². The Labute approximate surface area is 151 Å². The van der Waals surface area contributed by atoms with Gasteiger partial charge in [-0.15, -0.1) is 0 Å². The van der Waals surface area contributed by atoms with Gasteiger partial charge in [-0.05, 0) is 43.8 Å². The third kappa shape index (κ3) is 3.82. The first-order chi connectivity index (χ1) is 12.3. The van der Waals surface area contributed by atoms with E-state index < -0.39 is 10.0 Å². The van der Waals surface area contributed by atoms with E-state index in [2.05, 4.69) is 9.97 Å². The third-order valence-corrected chi connectivity index (χ3v) is 5.34. The van der Waals surface area contributed by atoms with Crippen LogP contribution in [0.15, 0.2) is 58.2 Å². The predicted molar refractivity (Wildman–Crippen MR) is 100 cm³/mol. The lowest BCUT2D eigenvalue weighted by atomic mass is 10.1. The van der Waals surface area contributed by atoms with Gasteiger partial charge in [0.2, 0.25) is 10.0 Å². The van der Waals surface area contributed by atoms with Crippen LogP contribution in [0, 0.1) is 0 Å². The van der Waals surface area contributed by atoms with Crippen LogP contribution >= 0.6 is 0 Å². The largest absolute Gasteiger partial charge is 0.309 e. The molecule has 3 N–H and O–H groups in total. The van der Waals surface area contributed by atoms with Crippen LogP contribution < -0.4 is 10.7 Å². The molecule has 8 heteroatoms. The lowest BCUT2D eigenvalue weighted by Gasteiger charge is -2.24. The van der Waals surface area contributed by atoms with E-state index in [9.17, 15) is 13.2 Å². The first-order valence-electron chi connectivity index (χ1n) is 8.06. The minimum Gasteiger partial charge on any atom is -0.309 e. The second-order valence-corrected chi connectivity index (χ2v) is 7.80. The molecule has 0 unspecified atom stereocenters. The van der Waals surface area contributed by atoms with Gasteiger partial charge in [-0.3, -0.25) is 9.69 Å². The number of para-hydroxylation sites is 1. The molecule has 0 saturated heterocycles. The number of nitrogens with one attached hydrogen (secondary N) is 1. The summed E-state index contributed by atoms with van der Waals surface area (Å²) in [5.41, 5.74) is 1.43. The van der Waals surface area contributed by atoms with E-state index in [0.717, 1.165) is 5.56 Å². The van der Waals surface area contributed by atoms with Gasteiger partial charge in [0, 0.05) is 6.04 Å². The number of aromatic nitrogens is 2. The summed E-state index contributed by atoms with van der Waals surface area (Å²) in [6, 6.07) is 13.6. The van der Waals surface area contributed by atoms with Crippen LogP contribution in [0.2, 0.25) is 0 Å². The number of primary sulfonamides is 1. The Balaban J connectivity index is 1.81. The zero-order valence-corrected chi connectivity index (χ0v) is 15.3. The molecule has 2 aromatic carbocycles. The maximum Gasteiger partial charge on any atom is 0.258 e. The molecule has 1 heterocycles. The molecule has 136 valence electrons. The van der Waals surface area contributed by atoms with Crippen LogP contribution in [0.3, 0.4) is 0 Å². The second-order valence-electron chi connectivity index (χ2n) is 6.23. The van der Waals surface area contributed by atoms with E-state index in [4.69, 9.17) is 5.14 Å². The van der Waals surface area contributed by atoms with Gasteiger partial charge in [0.05, 0.1) is 22.3 Å². The van der Waals surface area contributed by atoms with E-state index in [1.54, 1.807) is 24.3 Å². The quantitative estimate of drug-likeness (QED) is 0.709. The molecule has 0 saturated carbocycles. The van der Waals surface area contributed by atoms with Crippen molar-refractivity contribution < 1.29 is 8.42 Å². The Hall–Kier alpha value is -2.55. The van der Waals surface area contributed by atoms with Crippen molar-refractivity contribution >= 4 is 20.9 Å². The fraction of sp³-hybridized carbons (Fsp3) is 0.222. The highest BCUT2D eigenvalue weighted by atomic mass is 32.2. The number of H-pyrrole nitrogens is 1. The average molecular weight is 372 g/mol. The van der Waals surface area contributed by atoms with Gasteiger partial charge >= 0.3 is 0 Å². The minimum absolute atomic E-state index is 0.0127. The van der Waals surface area contributed by atoms with Crippen LogP contribution in [-0.4, -0.2) is 30.3 Å². The molecule has 0 aliphatic heterocycles. The smallest absolute Gasteiger partial charge is 0.258 e. The fourth-order valence-corrected chi connectivity index (χ4v) is 3.29. The maximum absolute atomic E-state index is 12.2. The molecule has 1 atom stereocenters. The summed E-state index contributed by atoms with van der Waals surface area (Å²) in [4.78, 5) is 21.6. The summed E-state index contributed by atoms with van der Waals surface area (Å²) in [5, 5.41) is 5.68. The molecule has 0 radical (unpaired) electrons. The number of hydrogen-bond acceptors (Lipinski definition) is 5. The van der Waals surface area contributed by atoms with E-state index in [1.165, 1.54) is 12.1 Å². The molecule has 26 heavy (non-hydrogen) atoms. The minimum atomic E-state index is -3.70. The third-order valence-electron chi connectivity index (χ3n) is 4.41. The van der Waals surface area contributed by atoms with E-state index in [0.29, 0.717) is 23.3 Å². The van der Waals surface area contributed by atoms with Gasteiger partial charge in [-0.25, -0.2) is 18.5 Å². The highest BCUT2D eigenvalue weighted by Crippen LogP contribution is 2.21. The average Bonchev–Trinajstić information content (AvgIpc) is 2.60. The summed E-state index contributed by atoms with van der Waals surface area (Å²) in [6.45, 7) is 2.43. The first-order valence-corrected chi connectivity index (χ1v) is 9.61. The van der Waals surface area contributed by atoms with Crippen molar-refractivity contribution in [3.05, 3.63) is 70.3 Å². The number of fused-ring (bicyclic) bond motifs is 1. The molecule has 0 fully saturated rings. The van der Waals surface area contributed by atoms with Crippen LogP contribution in [0.5, 0.6) is 0 Å². The number of rotatable bonds is 5. The highest BCUT2D eigenvalue weighted by molar-refractivity contribution is 7.89. The normalized spacial score (nSPS) is 13.2. The number of nitrogens with two attached hydrogens (primary N) is 1. The van der Waals surface area contributed by atoms with Gasteiger partial charge in [0.25, 0.3) is 5.56 Å². The lowest BCUT2D eigenvalue weighted by molar-refractivity contribution is 0.247. The topological polar surface area (TPSA) is 109 Å². The Kier molecular flexibility index (Phi) is 4.90. The van der Waals surface area contributed by atoms with Crippen molar-refractivity contribution in [2.24, 2.45) is 5.14 Å². The molecule has 3 rings (SSSR count). The Morgan fingerprint density at radius 1 is 1.15 bits per heavy atom. The molecule has 0 spiro atoms. The summed E-state index contributed by atoms with van der Waals surface area (Å²) >= 11 is 0. The van der Waals surface area contributed by atoms with Gasteiger partial charge in [-0.1, -0.05) is 24.3 Å². The van der Waals surface area contributed by atoms with Gasteiger partial charge < -0.3 is 4.98 Å². The van der Waals surface area contributed by atoms with E-state index in [-0.39, 0.29) is 16.5 Å². The molecule has 3 aromatic rings. The number of hydrogen-bond donors (Lipinski definition) is 2. The summed E-state index contributed by atoms with van der Waals surface area (Å²) in [6.07, 6.45) is 0. The van der Waals surface area contributed by atoms with Crippen LogP contribution in [0.1, 0.15) is 24.4 Å². The van der Waals surface area contributed by atoms with Crippen molar-refractivity contribution in [2.45, 2.75) is 24.4 Å². The second kappa shape index (κ2) is 6.99. The Morgan fingerprint density at radius 2 is 1.81 bits per heavy atom. The molecular formula is C18H20N4O3S. The maximum atomic E-state index is 12.2. The molecule has 7 nitrogen and oxygen atoms in total. The number of benzene rings is 2. The summed E-state index contributed by atoms with van der Waals surface area (Å²) in [5.74, 6) is 0.573. The molecule has 0 amide bonds. The molecular weight excluding hydrogens is 352 g/mol. The molecule has 1 aromatic heterocycles. The van der Waals surface area contributed by atoms with Crippen molar-refractivity contribution in [3.63, 3.8) is 0 Å². The SMILES string of the molecule is C[C@H](c1ccc(S(N)(=O)=O)cc1)N(C)Cc1nc2ccccc2c(=O)[nH]1. The van der Waals surface area contributed by atoms with Crippen LogP contribution in [0.25, 0.3) is 10.9 Å². The first kappa shape index (κ1) is 18.2. The number of sulfonamides is 1. The monoisotopic (exact) mass is 372 g/mol. The number of nitrogens with zero attached hydrogens (tertiary/aromatic N) is 2. The van der Waals surface area contributed by atoms with Crippen molar-refractivity contribution in [2.75, 3.05) is 7.05 Å². The van der Waals surface area contributed by atoms with Crippen molar-refractivity contribution in [3.8, 4) is 0 Å². The lowest BCUT2D eigenvalue weighted by Crippen LogP contribution is -2.25. The number of aromatic amines is 1. The molecule has 0 aliphatic carbocycles.